The maximum atomic E-state index is 11.0. The van der Waals surface area contributed by atoms with Crippen molar-refractivity contribution in [2.45, 2.75) is 13.8 Å². The van der Waals surface area contributed by atoms with Gasteiger partial charge in [0.25, 0.3) is 0 Å². The molecule has 0 heterocycles. The van der Waals surface area contributed by atoms with Crippen molar-refractivity contribution in [3.63, 3.8) is 0 Å². The van der Waals surface area contributed by atoms with Crippen LogP contribution >= 0.6 is 17.1 Å². The first-order chi connectivity index (χ1) is 13.6. The van der Waals surface area contributed by atoms with Crippen molar-refractivity contribution in [1.29, 1.82) is 0 Å². The molecule has 0 aromatic heterocycles. The molecular formula is C22H25O2PS2Sn. The van der Waals surface area contributed by atoms with E-state index in [9.17, 15) is 4.89 Å². The molecule has 0 saturated carbocycles. The van der Waals surface area contributed by atoms with E-state index in [1.807, 2.05) is 6.92 Å². The summed E-state index contributed by atoms with van der Waals surface area (Å²) in [6, 6.07) is 32.9. The molecule has 0 N–H and O–H groups in total. The summed E-state index contributed by atoms with van der Waals surface area (Å²) in [6.45, 7) is 4.13. The van der Waals surface area contributed by atoms with E-state index in [0.29, 0.717) is 6.61 Å². The summed E-state index contributed by atoms with van der Waals surface area (Å²) in [5, 5.41) is 0. The van der Waals surface area contributed by atoms with E-state index >= 15 is 0 Å². The summed E-state index contributed by atoms with van der Waals surface area (Å²) in [7, 11) is 0. The zero-order valence-electron chi connectivity index (χ0n) is 16.2. The van der Waals surface area contributed by atoms with Gasteiger partial charge in [-0.05, 0) is 12.7 Å². The summed E-state index contributed by atoms with van der Waals surface area (Å²) in [5.74, 6) is 0.751. The molecule has 0 aliphatic carbocycles. The Bertz CT molecular complexity index is 744. The molecule has 0 aliphatic rings. The van der Waals surface area contributed by atoms with E-state index in [1.165, 1.54) is 22.1 Å². The van der Waals surface area contributed by atoms with E-state index in [1.54, 1.807) is 6.92 Å². The predicted octanol–water partition coefficient (Wildman–Crippen LogP) is 3.56. The van der Waals surface area contributed by atoms with Crippen molar-refractivity contribution < 1.29 is 9.42 Å². The van der Waals surface area contributed by atoms with Crippen molar-refractivity contribution >= 4 is 59.4 Å². The molecule has 6 heteroatoms. The second-order valence-corrected chi connectivity index (χ2v) is 19.2. The van der Waals surface area contributed by atoms with Crippen molar-refractivity contribution in [2.24, 2.45) is 0 Å². The van der Waals surface area contributed by atoms with Crippen molar-refractivity contribution in [2.75, 3.05) is 12.4 Å². The molecule has 2 nitrogen and oxygen atoms in total. The SMILES string of the molecule is CCOP([O-])(=S)SCC.c1cc[c]([Sn+]([c]2ccccc2)[c]2ccccc2)cc1. The molecule has 28 heavy (non-hydrogen) atoms. The van der Waals surface area contributed by atoms with Crippen LogP contribution in [0, 0.1) is 0 Å². The van der Waals surface area contributed by atoms with Gasteiger partial charge < -0.3 is 9.42 Å². The molecule has 0 saturated heterocycles. The van der Waals surface area contributed by atoms with Gasteiger partial charge in [-0.2, -0.15) is 0 Å². The van der Waals surface area contributed by atoms with Crippen LogP contribution in [0.2, 0.25) is 0 Å². The molecule has 0 aliphatic heterocycles. The number of rotatable bonds is 7. The Kier molecular flexibility index (Phi) is 10.8. The number of hydrogen-bond donors (Lipinski definition) is 0. The normalized spacial score (nSPS) is 12.4. The van der Waals surface area contributed by atoms with Gasteiger partial charge in [0, 0.05) is 12.3 Å². The predicted molar refractivity (Wildman–Crippen MR) is 128 cm³/mol. The Labute approximate surface area is 185 Å². The van der Waals surface area contributed by atoms with Crippen LogP contribution in [0.3, 0.4) is 0 Å². The average molecular weight is 535 g/mol. The summed E-state index contributed by atoms with van der Waals surface area (Å²) >= 11 is 3.86. The Balaban J connectivity index is 0.000000266. The van der Waals surface area contributed by atoms with Crippen molar-refractivity contribution in [3.8, 4) is 0 Å². The molecule has 146 valence electrons. The molecule has 0 radical (unpaired) electrons. The topological polar surface area (TPSA) is 32.3 Å². The van der Waals surface area contributed by atoms with Gasteiger partial charge in [-0.1, -0.05) is 18.7 Å². The van der Waals surface area contributed by atoms with Crippen LogP contribution in [0.4, 0.5) is 0 Å². The maximum absolute atomic E-state index is 11.0. The Hall–Kier alpha value is -0.621. The van der Waals surface area contributed by atoms with Crippen molar-refractivity contribution in [3.05, 3.63) is 91.0 Å². The van der Waals surface area contributed by atoms with Crippen LogP contribution in [0.25, 0.3) is 0 Å². The molecule has 1 atom stereocenters. The second kappa shape index (κ2) is 12.8. The Morgan fingerprint density at radius 3 is 1.43 bits per heavy atom. The zero-order valence-corrected chi connectivity index (χ0v) is 21.5. The third-order valence-corrected chi connectivity index (χ3v) is 16.0. The first-order valence-corrected chi connectivity index (χ1v) is 17.7. The van der Waals surface area contributed by atoms with E-state index < -0.39 is 25.5 Å². The molecule has 0 spiro atoms. The molecular weight excluding hydrogens is 510 g/mol. The van der Waals surface area contributed by atoms with E-state index in [-0.39, 0.29) is 0 Å². The fraction of sp³-hybridized carbons (Fsp3) is 0.182. The van der Waals surface area contributed by atoms with Crippen LogP contribution in [0.5, 0.6) is 0 Å². The molecule has 1 unspecified atom stereocenters. The fourth-order valence-corrected chi connectivity index (χ4v) is 13.5. The van der Waals surface area contributed by atoms with E-state index in [0.717, 1.165) is 5.75 Å². The van der Waals surface area contributed by atoms with Gasteiger partial charge in [0.15, 0.2) is 0 Å². The van der Waals surface area contributed by atoms with Gasteiger partial charge in [0.05, 0.1) is 0 Å². The van der Waals surface area contributed by atoms with Gasteiger partial charge in [-0.25, -0.2) is 0 Å². The molecule has 0 bridgehead atoms. The second-order valence-electron chi connectivity index (χ2n) is 5.76. The van der Waals surface area contributed by atoms with E-state index in [2.05, 4.69) is 103 Å². The van der Waals surface area contributed by atoms with Crippen LogP contribution in [0.1, 0.15) is 13.8 Å². The summed E-state index contributed by atoms with van der Waals surface area (Å²) in [6.07, 6.45) is 0. The molecule has 3 rings (SSSR count). The quantitative estimate of drug-likeness (QED) is 0.343. The van der Waals surface area contributed by atoms with Gasteiger partial charge in [0.2, 0.25) is 0 Å². The summed E-state index contributed by atoms with van der Waals surface area (Å²) < 4.78 is 9.39. The van der Waals surface area contributed by atoms with Crippen LogP contribution in [-0.2, 0) is 16.3 Å². The molecule has 0 fully saturated rings. The Morgan fingerprint density at radius 2 is 1.14 bits per heavy atom. The summed E-state index contributed by atoms with van der Waals surface area (Å²) in [5.41, 5.74) is -2.69. The minimum absolute atomic E-state index is 0.438. The standard InChI is InChI=1S/3C6H5.C4H11O2PS2.Sn/c3*1-2-4-6-5-3-1;1-3-6-7(5,8)9-4-2;/h3*1-5H;3-4H2,1-2H3,(H,5,8);/q;;;;+1/p-1. The van der Waals surface area contributed by atoms with Gasteiger partial charge >= 0.3 is 121 Å². The minimum atomic E-state index is -2.69. The fourth-order valence-electron chi connectivity index (χ4n) is 2.67. The number of benzene rings is 3. The number of hydrogen-bond acceptors (Lipinski definition) is 4. The van der Waals surface area contributed by atoms with E-state index in [4.69, 9.17) is 4.52 Å². The summed E-state index contributed by atoms with van der Waals surface area (Å²) in [4.78, 5) is 11.0. The third kappa shape index (κ3) is 8.02. The van der Waals surface area contributed by atoms with Gasteiger partial charge in [-0.15, -0.1) is 11.4 Å². The first kappa shape index (κ1) is 23.7. The van der Waals surface area contributed by atoms with Gasteiger partial charge in [0.1, 0.15) is 0 Å². The molecule has 0 amide bonds. The van der Waals surface area contributed by atoms with Crippen LogP contribution in [-0.4, -0.2) is 32.1 Å². The van der Waals surface area contributed by atoms with Gasteiger partial charge in [-0.3, -0.25) is 0 Å². The first-order valence-electron chi connectivity index (χ1n) is 9.20. The molecule has 3 aromatic rings. The zero-order chi connectivity index (χ0) is 20.2. The average Bonchev–Trinajstić information content (AvgIpc) is 2.71. The van der Waals surface area contributed by atoms with Crippen molar-refractivity contribution in [1.82, 2.24) is 0 Å². The van der Waals surface area contributed by atoms with Crippen LogP contribution < -0.4 is 15.6 Å². The molecule has 3 aromatic carbocycles. The third-order valence-electron chi connectivity index (χ3n) is 3.76. The monoisotopic (exact) mass is 536 g/mol. The van der Waals surface area contributed by atoms with Crippen LogP contribution in [0.15, 0.2) is 91.0 Å². The Morgan fingerprint density at radius 1 is 0.786 bits per heavy atom.